The normalized spacial score (nSPS) is 24.3. The summed E-state index contributed by atoms with van der Waals surface area (Å²) in [7, 11) is 0. The highest BCUT2D eigenvalue weighted by molar-refractivity contribution is 5.64. The first-order chi connectivity index (χ1) is 7.75. The van der Waals surface area contributed by atoms with Gasteiger partial charge in [0.25, 0.3) is 0 Å². The molecule has 0 aromatic carbocycles. The molecule has 0 radical (unpaired) electrons. The fraction of sp³-hybridized carbons (Fsp3) is 0.300. The number of hydrogen-bond acceptors (Lipinski definition) is 5. The molecule has 0 saturated heterocycles. The first-order valence-electron chi connectivity index (χ1n) is 5.05. The first kappa shape index (κ1) is 9.29. The number of nitrogens with two attached hydrogens (primary N) is 1. The summed E-state index contributed by atoms with van der Waals surface area (Å²) in [6.45, 7) is 0. The molecule has 0 aromatic heterocycles. The molecule has 2 unspecified atom stereocenters. The van der Waals surface area contributed by atoms with E-state index in [0.717, 1.165) is 0 Å². The van der Waals surface area contributed by atoms with E-state index in [1.54, 1.807) is 12.4 Å². The standard InChI is InChI=1S/C10H11N5O/c11-9-8-10(13-4-12-8)15(5-14-9)6-1-2-7(16)3-6/h1-2,4-7,16H,3,11H2. The summed E-state index contributed by atoms with van der Waals surface area (Å²) < 4.78 is 1.88. The molecule has 3 rings (SSSR count). The summed E-state index contributed by atoms with van der Waals surface area (Å²) in [5, 5.41) is 9.46. The number of allylic oxidation sites excluding steroid dienone is 1. The molecule has 2 atom stereocenters. The van der Waals surface area contributed by atoms with E-state index in [4.69, 9.17) is 5.73 Å². The van der Waals surface area contributed by atoms with Crippen molar-refractivity contribution in [1.29, 1.82) is 0 Å². The molecule has 0 saturated carbocycles. The predicted octanol–water partition coefficient (Wildman–Crippen LogP) is 0.222. The van der Waals surface area contributed by atoms with Gasteiger partial charge in [0.05, 0.1) is 18.5 Å². The second-order valence-electron chi connectivity index (χ2n) is 3.84. The number of aliphatic hydroxyl groups excluding tert-OH is 1. The lowest BCUT2D eigenvalue weighted by atomic mass is 10.2. The third-order valence-corrected chi connectivity index (χ3v) is 2.78. The number of imidazole rings is 1. The first-order valence-corrected chi connectivity index (χ1v) is 5.05. The smallest absolute Gasteiger partial charge is 0.165 e. The molecule has 0 amide bonds. The highest BCUT2D eigenvalue weighted by Crippen LogP contribution is 2.29. The van der Waals surface area contributed by atoms with Crippen LogP contribution in [0, 0.1) is 0 Å². The van der Waals surface area contributed by atoms with Gasteiger partial charge in [0, 0.05) is 6.42 Å². The maximum Gasteiger partial charge on any atom is 0.165 e. The Morgan fingerprint density at radius 3 is 2.94 bits per heavy atom. The fourth-order valence-electron chi connectivity index (χ4n) is 1.98. The van der Waals surface area contributed by atoms with Crippen molar-refractivity contribution in [3.8, 4) is 11.5 Å². The van der Waals surface area contributed by atoms with E-state index in [2.05, 4.69) is 15.0 Å². The average molecular weight is 217 g/mol. The highest BCUT2D eigenvalue weighted by Gasteiger charge is 2.23. The molecule has 82 valence electrons. The van der Waals surface area contributed by atoms with E-state index in [1.165, 1.54) is 6.33 Å². The van der Waals surface area contributed by atoms with Gasteiger partial charge in [-0.15, -0.1) is 0 Å². The van der Waals surface area contributed by atoms with Crippen LogP contribution in [0.5, 0.6) is 0 Å². The van der Waals surface area contributed by atoms with Crippen molar-refractivity contribution in [1.82, 2.24) is 19.5 Å². The van der Waals surface area contributed by atoms with Crippen molar-refractivity contribution in [2.45, 2.75) is 18.6 Å². The Kier molecular flexibility index (Phi) is 1.90. The number of anilines is 1. The van der Waals surface area contributed by atoms with Gasteiger partial charge in [-0.05, 0) is 0 Å². The van der Waals surface area contributed by atoms with Crippen LogP contribution in [0.4, 0.5) is 5.82 Å². The van der Waals surface area contributed by atoms with Crippen molar-refractivity contribution in [3.05, 3.63) is 24.8 Å². The van der Waals surface area contributed by atoms with Gasteiger partial charge in [0.2, 0.25) is 0 Å². The Labute approximate surface area is 91.8 Å². The fourth-order valence-corrected chi connectivity index (χ4v) is 1.98. The summed E-state index contributed by atoms with van der Waals surface area (Å²) in [6, 6.07) is 0.0716. The summed E-state index contributed by atoms with van der Waals surface area (Å²) >= 11 is 0. The number of aliphatic hydroxyl groups is 1. The minimum atomic E-state index is -0.395. The Morgan fingerprint density at radius 2 is 2.19 bits per heavy atom. The molecule has 3 N–H and O–H groups in total. The molecule has 0 fully saturated rings. The van der Waals surface area contributed by atoms with Crippen LogP contribution in [-0.2, 0) is 0 Å². The van der Waals surface area contributed by atoms with E-state index >= 15 is 0 Å². The van der Waals surface area contributed by atoms with Gasteiger partial charge in [0.15, 0.2) is 11.6 Å². The van der Waals surface area contributed by atoms with Crippen LogP contribution in [0.3, 0.4) is 0 Å². The summed E-state index contributed by atoms with van der Waals surface area (Å²) in [5.41, 5.74) is 6.31. The molecule has 3 aliphatic rings. The molecule has 0 aromatic rings. The lowest BCUT2D eigenvalue weighted by Gasteiger charge is -2.16. The Balaban J connectivity index is 2.08. The van der Waals surface area contributed by atoms with Crippen LogP contribution in [-0.4, -0.2) is 30.7 Å². The SMILES string of the molecule is Nc1ncn(C2C=CC(O)C2)c2ncnc1-2. The zero-order valence-electron chi connectivity index (χ0n) is 8.48. The van der Waals surface area contributed by atoms with Crippen LogP contribution >= 0.6 is 0 Å². The van der Waals surface area contributed by atoms with Crippen molar-refractivity contribution in [2.24, 2.45) is 0 Å². The van der Waals surface area contributed by atoms with Crippen LogP contribution < -0.4 is 5.73 Å². The van der Waals surface area contributed by atoms with Crippen LogP contribution in [0.1, 0.15) is 12.5 Å². The van der Waals surface area contributed by atoms with Crippen molar-refractivity contribution in [3.63, 3.8) is 0 Å². The molecular weight excluding hydrogens is 206 g/mol. The van der Waals surface area contributed by atoms with Gasteiger partial charge in [-0.2, -0.15) is 0 Å². The number of hydrogen-bond donors (Lipinski definition) is 2. The van der Waals surface area contributed by atoms with Gasteiger partial charge < -0.3 is 15.4 Å². The van der Waals surface area contributed by atoms with E-state index in [1.807, 2.05) is 10.6 Å². The maximum absolute atomic E-state index is 9.46. The summed E-state index contributed by atoms with van der Waals surface area (Å²) in [6.07, 6.45) is 7.06. The van der Waals surface area contributed by atoms with Gasteiger partial charge in [-0.25, -0.2) is 15.0 Å². The van der Waals surface area contributed by atoms with Gasteiger partial charge in [-0.1, -0.05) is 12.2 Å². The minimum Gasteiger partial charge on any atom is -0.389 e. The van der Waals surface area contributed by atoms with Crippen LogP contribution in [0.2, 0.25) is 0 Å². The molecule has 0 bridgehead atoms. The maximum atomic E-state index is 9.46. The van der Waals surface area contributed by atoms with Gasteiger partial charge in [0.1, 0.15) is 12.0 Å². The van der Waals surface area contributed by atoms with E-state index < -0.39 is 6.10 Å². The molecular formula is C10H11N5O. The number of aromatic nitrogens is 4. The second-order valence-corrected chi connectivity index (χ2v) is 3.84. The number of nitrogens with zero attached hydrogens (tertiary/aromatic N) is 4. The monoisotopic (exact) mass is 217 g/mol. The lowest BCUT2D eigenvalue weighted by molar-refractivity contribution is 0.210. The number of rotatable bonds is 1. The topological polar surface area (TPSA) is 89.8 Å². The molecule has 6 nitrogen and oxygen atoms in total. The zero-order chi connectivity index (χ0) is 11.1. The molecule has 16 heavy (non-hydrogen) atoms. The van der Waals surface area contributed by atoms with Crippen molar-refractivity contribution in [2.75, 3.05) is 5.73 Å². The minimum absolute atomic E-state index is 0.0716. The average Bonchev–Trinajstić information content (AvgIpc) is 2.87. The highest BCUT2D eigenvalue weighted by atomic mass is 16.3. The van der Waals surface area contributed by atoms with E-state index in [9.17, 15) is 5.11 Å². The summed E-state index contributed by atoms with van der Waals surface area (Å²) in [5.74, 6) is 1.09. The third-order valence-electron chi connectivity index (χ3n) is 2.78. The number of nitrogen functional groups attached to an aromatic ring is 1. The van der Waals surface area contributed by atoms with Gasteiger partial charge in [-0.3, -0.25) is 0 Å². The third kappa shape index (κ3) is 1.27. The van der Waals surface area contributed by atoms with E-state index in [0.29, 0.717) is 23.8 Å². The van der Waals surface area contributed by atoms with Crippen LogP contribution in [0.15, 0.2) is 24.8 Å². The molecule has 2 aliphatic heterocycles. The Morgan fingerprint density at radius 1 is 1.31 bits per heavy atom. The predicted molar refractivity (Wildman–Crippen MR) is 57.7 cm³/mol. The van der Waals surface area contributed by atoms with E-state index in [-0.39, 0.29) is 6.04 Å². The summed E-state index contributed by atoms with van der Waals surface area (Å²) in [4.78, 5) is 12.3. The molecule has 6 heteroatoms. The molecule has 0 spiro atoms. The van der Waals surface area contributed by atoms with Crippen molar-refractivity contribution < 1.29 is 5.11 Å². The Bertz CT molecular complexity index is 520. The lowest BCUT2D eigenvalue weighted by Crippen LogP contribution is -2.13. The zero-order valence-corrected chi connectivity index (χ0v) is 8.48. The second kappa shape index (κ2) is 3.28. The quantitative estimate of drug-likeness (QED) is 0.667. The van der Waals surface area contributed by atoms with Gasteiger partial charge >= 0.3 is 0 Å². The Hall–Kier alpha value is -1.95. The number of fused-ring (bicyclic) bond motifs is 1. The molecule has 1 aliphatic carbocycles. The molecule has 2 heterocycles. The van der Waals surface area contributed by atoms with Crippen LogP contribution in [0.25, 0.3) is 11.5 Å². The van der Waals surface area contributed by atoms with Crippen molar-refractivity contribution >= 4 is 5.82 Å². The largest absolute Gasteiger partial charge is 0.389 e.